The number of nitrogens with zero attached hydrogens (tertiary/aromatic N) is 3. The molecule has 3 rings (SSSR count). The van der Waals surface area contributed by atoms with E-state index >= 15 is 0 Å². The van der Waals surface area contributed by atoms with Gasteiger partial charge in [0.05, 0.1) is 16.8 Å². The molecule has 0 spiro atoms. The fourth-order valence-corrected chi connectivity index (χ4v) is 4.43. The molecule has 0 saturated carbocycles. The molecule has 158 valence electrons. The topological polar surface area (TPSA) is 97.8 Å². The molecule has 29 heavy (non-hydrogen) atoms. The summed E-state index contributed by atoms with van der Waals surface area (Å²) in [7, 11) is 0. The second kappa shape index (κ2) is 10.6. The van der Waals surface area contributed by atoms with Crippen molar-refractivity contribution in [3.05, 3.63) is 23.8 Å². The first-order chi connectivity index (χ1) is 14.1. The highest BCUT2D eigenvalue weighted by atomic mass is 32.1. The summed E-state index contributed by atoms with van der Waals surface area (Å²) >= 11 is 1.49. The molecular formula is C20H29N5O3S. The van der Waals surface area contributed by atoms with Gasteiger partial charge in [-0.2, -0.15) is 0 Å². The van der Waals surface area contributed by atoms with Crippen molar-refractivity contribution >= 4 is 38.5 Å². The fourth-order valence-electron chi connectivity index (χ4n) is 3.47. The van der Waals surface area contributed by atoms with Crippen LogP contribution in [0.4, 0.5) is 5.13 Å². The van der Waals surface area contributed by atoms with Crippen LogP contribution in [0.25, 0.3) is 10.2 Å². The molecule has 2 amide bonds. The summed E-state index contributed by atoms with van der Waals surface area (Å²) in [5, 5.41) is 12.1. The zero-order chi connectivity index (χ0) is 20.6. The summed E-state index contributed by atoms with van der Waals surface area (Å²) in [6.45, 7) is 5.60. The molecule has 2 aromatic rings. The van der Waals surface area contributed by atoms with Gasteiger partial charge in [0.1, 0.15) is 0 Å². The van der Waals surface area contributed by atoms with Gasteiger partial charge in [0.2, 0.25) is 11.8 Å². The Bertz CT molecular complexity index is 833. The maximum atomic E-state index is 12.4. The van der Waals surface area contributed by atoms with Crippen molar-refractivity contribution in [2.75, 3.05) is 44.6 Å². The number of fused-ring (bicyclic) bond motifs is 1. The Morgan fingerprint density at radius 1 is 1.17 bits per heavy atom. The van der Waals surface area contributed by atoms with Gasteiger partial charge < -0.3 is 15.4 Å². The smallest absolute Gasteiger partial charge is 0.240 e. The summed E-state index contributed by atoms with van der Waals surface area (Å²) in [5.74, 6) is 0.106. The highest BCUT2D eigenvalue weighted by Crippen LogP contribution is 2.27. The second-order valence-corrected chi connectivity index (χ2v) is 8.40. The van der Waals surface area contributed by atoms with Crippen molar-refractivity contribution in [3.8, 4) is 0 Å². The monoisotopic (exact) mass is 419 g/mol. The van der Waals surface area contributed by atoms with Crippen LogP contribution in [0, 0.1) is 6.92 Å². The van der Waals surface area contributed by atoms with Gasteiger partial charge in [0.15, 0.2) is 5.13 Å². The van der Waals surface area contributed by atoms with E-state index in [9.17, 15) is 9.59 Å². The largest absolute Gasteiger partial charge is 0.340 e. The van der Waals surface area contributed by atoms with Gasteiger partial charge in [-0.3, -0.25) is 14.5 Å². The van der Waals surface area contributed by atoms with E-state index in [-0.39, 0.29) is 11.8 Å². The van der Waals surface area contributed by atoms with Crippen molar-refractivity contribution in [1.82, 2.24) is 20.3 Å². The number of piperazine rings is 1. The third kappa shape index (κ3) is 6.20. The Kier molecular flexibility index (Phi) is 7.93. The van der Waals surface area contributed by atoms with Gasteiger partial charge in [-0.15, -0.1) is 0 Å². The molecule has 0 radical (unpaired) electrons. The molecule has 1 saturated heterocycles. The van der Waals surface area contributed by atoms with E-state index in [0.717, 1.165) is 35.0 Å². The number of hydrogen-bond donors (Lipinski definition) is 3. The minimum Gasteiger partial charge on any atom is -0.340 e. The van der Waals surface area contributed by atoms with Crippen molar-refractivity contribution in [2.24, 2.45) is 0 Å². The number of hydroxylamine groups is 1. The van der Waals surface area contributed by atoms with E-state index < -0.39 is 0 Å². The number of benzene rings is 1. The molecule has 0 unspecified atom stereocenters. The summed E-state index contributed by atoms with van der Waals surface area (Å²) in [6.07, 6.45) is 3.17. The van der Waals surface area contributed by atoms with Crippen LogP contribution < -0.4 is 10.8 Å². The molecule has 2 heterocycles. The summed E-state index contributed by atoms with van der Waals surface area (Å²) in [5.41, 5.74) is 4.17. The normalized spacial score (nSPS) is 15.0. The third-order valence-corrected chi connectivity index (χ3v) is 6.07. The number of rotatable bonds is 9. The zero-order valence-corrected chi connectivity index (χ0v) is 17.6. The quantitative estimate of drug-likeness (QED) is 0.426. The first kappa shape index (κ1) is 21.6. The molecule has 0 bridgehead atoms. The summed E-state index contributed by atoms with van der Waals surface area (Å²) in [6, 6.07) is 6.02. The van der Waals surface area contributed by atoms with Gasteiger partial charge in [0.25, 0.3) is 0 Å². The molecule has 1 aromatic carbocycles. The van der Waals surface area contributed by atoms with Crippen LogP contribution in [-0.2, 0) is 9.59 Å². The van der Waals surface area contributed by atoms with E-state index in [4.69, 9.17) is 5.21 Å². The lowest BCUT2D eigenvalue weighted by Crippen LogP contribution is -2.50. The molecule has 3 N–H and O–H groups in total. The number of thiazole rings is 1. The minimum absolute atomic E-state index is 0.0704. The van der Waals surface area contributed by atoms with Crippen molar-refractivity contribution in [3.63, 3.8) is 0 Å². The number of nitrogens with one attached hydrogen (secondary N) is 2. The van der Waals surface area contributed by atoms with Gasteiger partial charge in [-0.25, -0.2) is 10.5 Å². The predicted octanol–water partition coefficient (Wildman–Crippen LogP) is 2.23. The first-order valence-corrected chi connectivity index (χ1v) is 10.9. The number of carbonyl (C=O) groups is 2. The number of hydrogen-bond acceptors (Lipinski definition) is 7. The lowest BCUT2D eigenvalue weighted by molar-refractivity contribution is -0.133. The van der Waals surface area contributed by atoms with Gasteiger partial charge in [-0.1, -0.05) is 29.9 Å². The number of unbranched alkanes of at least 4 members (excludes halogenated alkanes) is 2. The van der Waals surface area contributed by atoms with Crippen LogP contribution in [0.1, 0.15) is 31.2 Å². The zero-order valence-electron chi connectivity index (χ0n) is 16.8. The maximum Gasteiger partial charge on any atom is 0.240 e. The van der Waals surface area contributed by atoms with Crippen molar-refractivity contribution in [1.29, 1.82) is 0 Å². The SMILES string of the molecule is Cc1cccc2sc(NC(=O)CN3CCN(C(=O)CCCCCNO)CC3)nc12. The highest BCUT2D eigenvalue weighted by molar-refractivity contribution is 7.22. The predicted molar refractivity (Wildman–Crippen MR) is 114 cm³/mol. The number of anilines is 1. The minimum atomic E-state index is -0.0704. The lowest BCUT2D eigenvalue weighted by Gasteiger charge is -2.34. The number of aromatic nitrogens is 1. The van der Waals surface area contributed by atoms with Crippen LogP contribution in [0.3, 0.4) is 0 Å². The maximum absolute atomic E-state index is 12.4. The number of aryl methyl sites for hydroxylation is 1. The number of carbonyl (C=O) groups excluding carboxylic acids is 2. The first-order valence-electron chi connectivity index (χ1n) is 10.1. The van der Waals surface area contributed by atoms with Crippen molar-refractivity contribution < 1.29 is 14.8 Å². The molecule has 1 fully saturated rings. The Hall–Kier alpha value is -2.07. The van der Waals surface area contributed by atoms with Gasteiger partial charge >= 0.3 is 0 Å². The summed E-state index contributed by atoms with van der Waals surface area (Å²) in [4.78, 5) is 33.1. The average Bonchev–Trinajstić information content (AvgIpc) is 3.12. The Morgan fingerprint density at radius 2 is 1.97 bits per heavy atom. The molecule has 1 aliphatic rings. The highest BCUT2D eigenvalue weighted by Gasteiger charge is 2.22. The Balaban J connectivity index is 1.39. The fraction of sp³-hybridized carbons (Fsp3) is 0.550. The number of para-hydroxylation sites is 1. The van der Waals surface area contributed by atoms with Gasteiger partial charge in [0, 0.05) is 39.1 Å². The van der Waals surface area contributed by atoms with E-state index in [1.54, 1.807) is 0 Å². The van der Waals surface area contributed by atoms with Crippen LogP contribution in [-0.4, -0.2) is 71.1 Å². The van der Waals surface area contributed by atoms with Crippen LogP contribution in [0.5, 0.6) is 0 Å². The van der Waals surface area contributed by atoms with Crippen LogP contribution in [0.2, 0.25) is 0 Å². The number of amides is 2. The van der Waals surface area contributed by atoms with Gasteiger partial charge in [-0.05, 0) is 31.4 Å². The molecule has 9 heteroatoms. The van der Waals surface area contributed by atoms with E-state index in [0.29, 0.717) is 50.8 Å². The average molecular weight is 420 g/mol. The summed E-state index contributed by atoms with van der Waals surface area (Å²) < 4.78 is 1.07. The van der Waals surface area contributed by atoms with E-state index in [1.165, 1.54) is 11.3 Å². The van der Waals surface area contributed by atoms with Crippen molar-refractivity contribution in [2.45, 2.75) is 32.6 Å². The Labute approximate surface area is 174 Å². The van der Waals surface area contributed by atoms with Crippen LogP contribution >= 0.6 is 11.3 Å². The van der Waals surface area contributed by atoms with Crippen LogP contribution in [0.15, 0.2) is 18.2 Å². The standard InChI is InChI=1S/C20H29N5O3S/c1-15-6-5-7-16-19(15)23-20(29-16)22-17(26)14-24-10-12-25(13-11-24)18(27)8-3-2-4-9-21-28/h5-7,21,28H,2-4,8-14H2,1H3,(H,22,23,26). The second-order valence-electron chi connectivity index (χ2n) is 7.36. The Morgan fingerprint density at radius 3 is 2.69 bits per heavy atom. The molecule has 1 aliphatic heterocycles. The molecule has 8 nitrogen and oxygen atoms in total. The molecule has 0 aliphatic carbocycles. The van der Waals surface area contributed by atoms with E-state index in [2.05, 4.69) is 20.7 Å². The van der Waals surface area contributed by atoms with E-state index in [1.807, 2.05) is 30.0 Å². The lowest BCUT2D eigenvalue weighted by atomic mass is 10.1. The molecule has 1 aromatic heterocycles. The molecule has 0 atom stereocenters. The third-order valence-electron chi connectivity index (χ3n) is 5.14. The molecular weight excluding hydrogens is 390 g/mol.